The van der Waals surface area contributed by atoms with Crippen molar-refractivity contribution in [3.05, 3.63) is 96.2 Å². The molecule has 0 N–H and O–H groups in total. The third kappa shape index (κ3) is 4.49. The maximum atomic E-state index is 5.29. The van der Waals surface area contributed by atoms with Crippen LogP contribution in [0.5, 0.6) is 11.5 Å². The van der Waals surface area contributed by atoms with Gasteiger partial charge < -0.3 is 14.4 Å². The van der Waals surface area contributed by atoms with Gasteiger partial charge in [0.05, 0.1) is 14.2 Å². The van der Waals surface area contributed by atoms with Gasteiger partial charge in [0.15, 0.2) is 0 Å². The molecule has 0 bridgehead atoms. The van der Waals surface area contributed by atoms with Crippen molar-refractivity contribution in [3.8, 4) is 11.5 Å². The smallest absolute Gasteiger partial charge is 0.129 e. The topological polar surface area (TPSA) is 34.6 Å². The maximum absolute atomic E-state index is 5.29. The van der Waals surface area contributed by atoms with Crippen molar-refractivity contribution < 1.29 is 9.47 Å². The number of fused-ring (bicyclic) bond motifs is 1. The third-order valence-corrected chi connectivity index (χ3v) is 5.01. The molecular formula is C25H24N2O2. The summed E-state index contributed by atoms with van der Waals surface area (Å²) in [5.41, 5.74) is 2.41. The fourth-order valence-electron chi connectivity index (χ4n) is 3.37. The number of hydrogen-bond donors (Lipinski definition) is 0. The van der Waals surface area contributed by atoms with E-state index >= 15 is 0 Å². The molecule has 0 saturated carbocycles. The van der Waals surface area contributed by atoms with E-state index in [0.29, 0.717) is 0 Å². The average molecular weight is 384 g/mol. The SMILES string of the molecule is COc1ccc(CN(Cc2ccc(OC)cc2)c2cc3ccccc3cn2)cc1. The van der Waals surface area contributed by atoms with E-state index in [-0.39, 0.29) is 0 Å². The van der Waals surface area contributed by atoms with Crippen LogP contribution in [0.25, 0.3) is 10.8 Å². The third-order valence-electron chi connectivity index (χ3n) is 5.01. The molecule has 0 atom stereocenters. The van der Waals surface area contributed by atoms with Crippen LogP contribution in [0.3, 0.4) is 0 Å². The zero-order valence-corrected chi connectivity index (χ0v) is 16.7. The van der Waals surface area contributed by atoms with Crippen molar-refractivity contribution >= 4 is 16.6 Å². The van der Waals surface area contributed by atoms with Crippen molar-refractivity contribution in [1.82, 2.24) is 4.98 Å². The predicted octanol–water partition coefficient (Wildman–Crippen LogP) is 5.46. The standard InChI is InChI=1S/C25H24N2O2/c1-28-23-11-7-19(8-12-23)17-27(18-20-9-13-24(29-2)14-10-20)25-15-21-5-3-4-6-22(21)16-26-25/h3-16H,17-18H2,1-2H3. The first-order chi connectivity index (χ1) is 14.2. The molecule has 0 radical (unpaired) electrons. The summed E-state index contributed by atoms with van der Waals surface area (Å²) >= 11 is 0. The summed E-state index contributed by atoms with van der Waals surface area (Å²) in [5, 5.41) is 2.33. The summed E-state index contributed by atoms with van der Waals surface area (Å²) in [6.45, 7) is 1.50. The molecule has 3 aromatic carbocycles. The van der Waals surface area contributed by atoms with E-state index in [4.69, 9.17) is 14.5 Å². The Morgan fingerprint density at radius 1 is 0.690 bits per heavy atom. The quantitative estimate of drug-likeness (QED) is 0.424. The van der Waals surface area contributed by atoms with Crippen molar-refractivity contribution in [2.24, 2.45) is 0 Å². The second-order valence-corrected chi connectivity index (χ2v) is 6.94. The van der Waals surface area contributed by atoms with E-state index in [1.165, 1.54) is 16.5 Å². The van der Waals surface area contributed by atoms with Crippen LogP contribution in [0, 0.1) is 0 Å². The van der Waals surface area contributed by atoms with Gasteiger partial charge in [-0.3, -0.25) is 0 Å². The van der Waals surface area contributed by atoms with E-state index in [0.717, 1.165) is 35.8 Å². The Kier molecular flexibility index (Phi) is 5.61. The van der Waals surface area contributed by atoms with Crippen molar-refractivity contribution in [3.63, 3.8) is 0 Å². The lowest BCUT2D eigenvalue weighted by Gasteiger charge is -2.24. The van der Waals surface area contributed by atoms with Gasteiger partial charge >= 0.3 is 0 Å². The second-order valence-electron chi connectivity index (χ2n) is 6.94. The van der Waals surface area contributed by atoms with Gasteiger partial charge in [0, 0.05) is 24.7 Å². The minimum Gasteiger partial charge on any atom is -0.497 e. The lowest BCUT2D eigenvalue weighted by atomic mass is 10.1. The van der Waals surface area contributed by atoms with Gasteiger partial charge in [-0.05, 0) is 46.8 Å². The highest BCUT2D eigenvalue weighted by Crippen LogP contribution is 2.24. The van der Waals surface area contributed by atoms with Gasteiger partial charge in [-0.1, -0.05) is 48.5 Å². The molecule has 4 aromatic rings. The summed E-state index contributed by atoms with van der Waals surface area (Å²) in [6.07, 6.45) is 1.94. The Morgan fingerprint density at radius 2 is 1.21 bits per heavy atom. The van der Waals surface area contributed by atoms with Gasteiger partial charge in [-0.2, -0.15) is 0 Å². The molecule has 146 valence electrons. The number of aromatic nitrogens is 1. The largest absolute Gasteiger partial charge is 0.497 e. The number of benzene rings is 3. The number of nitrogens with zero attached hydrogens (tertiary/aromatic N) is 2. The number of rotatable bonds is 7. The normalized spacial score (nSPS) is 10.7. The molecule has 0 aliphatic carbocycles. The molecule has 4 nitrogen and oxygen atoms in total. The first-order valence-electron chi connectivity index (χ1n) is 9.61. The molecule has 4 heteroatoms. The Hall–Kier alpha value is -3.53. The Labute approximate surface area is 171 Å². The van der Waals surface area contributed by atoms with Crippen LogP contribution in [0.4, 0.5) is 5.82 Å². The first kappa shape index (κ1) is 18.8. The number of methoxy groups -OCH3 is 2. The first-order valence-corrected chi connectivity index (χ1v) is 9.61. The highest BCUT2D eigenvalue weighted by atomic mass is 16.5. The molecule has 0 saturated heterocycles. The summed E-state index contributed by atoms with van der Waals surface area (Å²) in [6, 6.07) is 26.8. The van der Waals surface area contributed by atoms with Crippen LogP contribution in [-0.4, -0.2) is 19.2 Å². The number of hydrogen-bond acceptors (Lipinski definition) is 4. The summed E-state index contributed by atoms with van der Waals surface area (Å²) in [5.74, 6) is 2.67. The van der Waals surface area contributed by atoms with Crippen LogP contribution in [0.15, 0.2) is 85.1 Å². The molecule has 0 aliphatic rings. The minimum absolute atomic E-state index is 0.751. The van der Waals surface area contributed by atoms with Gasteiger partial charge in [-0.15, -0.1) is 0 Å². The molecule has 0 amide bonds. The average Bonchev–Trinajstić information content (AvgIpc) is 2.79. The number of pyridine rings is 1. The van der Waals surface area contributed by atoms with Crippen LogP contribution in [0.2, 0.25) is 0 Å². The van der Waals surface area contributed by atoms with Crippen LogP contribution < -0.4 is 14.4 Å². The fraction of sp³-hybridized carbons (Fsp3) is 0.160. The maximum Gasteiger partial charge on any atom is 0.129 e. The summed E-state index contributed by atoms with van der Waals surface area (Å²) < 4.78 is 10.6. The van der Waals surface area contributed by atoms with Crippen molar-refractivity contribution in [2.45, 2.75) is 13.1 Å². The highest BCUT2D eigenvalue weighted by Gasteiger charge is 2.11. The Balaban J connectivity index is 1.65. The van der Waals surface area contributed by atoms with Gasteiger partial charge in [-0.25, -0.2) is 4.98 Å². The Bertz CT molecular complexity index is 1030. The predicted molar refractivity (Wildman–Crippen MR) is 118 cm³/mol. The molecule has 0 fully saturated rings. The summed E-state index contributed by atoms with van der Waals surface area (Å²) in [4.78, 5) is 7.03. The van der Waals surface area contributed by atoms with Crippen LogP contribution in [0.1, 0.15) is 11.1 Å². The molecule has 1 aromatic heterocycles. The molecule has 29 heavy (non-hydrogen) atoms. The van der Waals surface area contributed by atoms with Gasteiger partial charge in [0.25, 0.3) is 0 Å². The lowest BCUT2D eigenvalue weighted by molar-refractivity contribution is 0.414. The van der Waals surface area contributed by atoms with E-state index in [1.54, 1.807) is 14.2 Å². The van der Waals surface area contributed by atoms with Gasteiger partial charge in [0.1, 0.15) is 17.3 Å². The van der Waals surface area contributed by atoms with E-state index in [2.05, 4.69) is 53.4 Å². The highest BCUT2D eigenvalue weighted by molar-refractivity contribution is 5.83. The monoisotopic (exact) mass is 384 g/mol. The van der Waals surface area contributed by atoms with Crippen LogP contribution >= 0.6 is 0 Å². The second kappa shape index (κ2) is 8.65. The zero-order chi connectivity index (χ0) is 20.1. The van der Waals surface area contributed by atoms with Gasteiger partial charge in [0.2, 0.25) is 0 Å². The van der Waals surface area contributed by atoms with E-state index in [1.807, 2.05) is 36.5 Å². The molecule has 0 spiro atoms. The number of anilines is 1. The molecule has 0 aliphatic heterocycles. The molecule has 0 unspecified atom stereocenters. The zero-order valence-electron chi connectivity index (χ0n) is 16.7. The van der Waals surface area contributed by atoms with Crippen molar-refractivity contribution in [1.29, 1.82) is 0 Å². The van der Waals surface area contributed by atoms with Crippen molar-refractivity contribution in [2.75, 3.05) is 19.1 Å². The minimum atomic E-state index is 0.751. The van der Waals surface area contributed by atoms with Crippen LogP contribution in [-0.2, 0) is 13.1 Å². The number of ether oxygens (including phenoxy) is 2. The molecular weight excluding hydrogens is 360 g/mol. The molecule has 1 heterocycles. The Morgan fingerprint density at radius 3 is 1.72 bits per heavy atom. The summed E-state index contributed by atoms with van der Waals surface area (Å²) in [7, 11) is 3.37. The van der Waals surface area contributed by atoms with E-state index < -0.39 is 0 Å². The molecule has 4 rings (SSSR count). The lowest BCUT2D eigenvalue weighted by Crippen LogP contribution is -2.23. The van der Waals surface area contributed by atoms with E-state index in [9.17, 15) is 0 Å². The fourth-order valence-corrected chi connectivity index (χ4v) is 3.37.